The molecule has 0 aliphatic rings. The highest BCUT2D eigenvalue weighted by Gasteiger charge is 2.31. The summed E-state index contributed by atoms with van der Waals surface area (Å²) in [5.74, 6) is 5.77. The van der Waals surface area contributed by atoms with E-state index < -0.39 is 0 Å². The maximum atomic E-state index is 12.9. The number of rotatable bonds is 5. The van der Waals surface area contributed by atoms with Crippen molar-refractivity contribution < 1.29 is 4.79 Å². The van der Waals surface area contributed by atoms with Crippen molar-refractivity contribution in [3.05, 3.63) is 42.2 Å². The number of nitrogen functional groups attached to an aromatic ring is 1. The van der Waals surface area contributed by atoms with Gasteiger partial charge in [0.25, 0.3) is 0 Å². The van der Waals surface area contributed by atoms with Crippen LogP contribution < -0.4 is 5.84 Å². The number of aromatic nitrogens is 3. The molecular weight excluding hydrogens is 310 g/mol. The fourth-order valence-corrected chi connectivity index (χ4v) is 2.96. The highest BCUT2D eigenvalue weighted by atomic mass is 32.2. The second kappa shape index (κ2) is 7.04. The molecule has 2 rings (SSSR count). The van der Waals surface area contributed by atoms with Crippen LogP contribution in [0, 0.1) is 0 Å². The van der Waals surface area contributed by atoms with Crippen molar-refractivity contribution in [1.29, 1.82) is 0 Å². The number of hydrogen-bond donors (Lipinski definition) is 1. The van der Waals surface area contributed by atoms with E-state index in [2.05, 4.69) is 10.2 Å². The summed E-state index contributed by atoms with van der Waals surface area (Å²) >= 11 is 1.31. The number of benzene rings is 1. The molecule has 0 bridgehead atoms. The maximum absolute atomic E-state index is 12.9. The van der Waals surface area contributed by atoms with Gasteiger partial charge in [-0.1, -0.05) is 42.1 Å². The Balaban J connectivity index is 2.15. The molecule has 0 spiro atoms. The molecule has 124 valence electrons. The van der Waals surface area contributed by atoms with E-state index in [4.69, 9.17) is 5.84 Å². The van der Waals surface area contributed by atoms with E-state index in [-0.39, 0.29) is 16.7 Å². The van der Waals surface area contributed by atoms with Gasteiger partial charge in [-0.3, -0.25) is 4.79 Å². The minimum Gasteiger partial charge on any atom is -0.336 e. The molecule has 0 aliphatic carbocycles. The molecule has 1 atom stereocenters. The summed E-state index contributed by atoms with van der Waals surface area (Å²) in [5.41, 5.74) is 0.827. The lowest BCUT2D eigenvalue weighted by atomic mass is 10.0. The molecule has 0 fully saturated rings. The first-order chi connectivity index (χ1) is 10.8. The molecule has 1 aromatic heterocycles. The molecule has 0 radical (unpaired) electrons. The summed E-state index contributed by atoms with van der Waals surface area (Å²) in [6.45, 7) is 8.55. The van der Waals surface area contributed by atoms with Crippen molar-refractivity contribution in [1.82, 2.24) is 19.8 Å². The summed E-state index contributed by atoms with van der Waals surface area (Å²) in [6.07, 6.45) is 1.42. The number of carbonyl (C=O) groups is 1. The molecule has 0 aliphatic heterocycles. The number of nitrogens with zero attached hydrogens (tertiary/aromatic N) is 4. The first kappa shape index (κ1) is 17.3. The van der Waals surface area contributed by atoms with Crippen LogP contribution in [0.3, 0.4) is 0 Å². The smallest absolute Gasteiger partial charge is 0.236 e. The van der Waals surface area contributed by atoms with E-state index in [0.29, 0.717) is 11.7 Å². The van der Waals surface area contributed by atoms with Crippen LogP contribution in [0.15, 0.2) is 41.8 Å². The van der Waals surface area contributed by atoms with Gasteiger partial charge in [0.05, 0.1) is 5.25 Å². The second-order valence-electron chi connectivity index (χ2n) is 6.36. The molecule has 23 heavy (non-hydrogen) atoms. The van der Waals surface area contributed by atoms with E-state index in [9.17, 15) is 4.79 Å². The third-order valence-corrected chi connectivity index (χ3v) is 4.49. The van der Waals surface area contributed by atoms with Crippen LogP contribution in [-0.2, 0) is 11.3 Å². The van der Waals surface area contributed by atoms with Crippen LogP contribution in [0.2, 0.25) is 0 Å². The third-order valence-electron chi connectivity index (χ3n) is 3.43. The van der Waals surface area contributed by atoms with Crippen LogP contribution in [0.5, 0.6) is 0 Å². The SMILES string of the molecule is C[C@H](Sc1nncn1N)C(=O)N(Cc1ccccc1)C(C)(C)C. The van der Waals surface area contributed by atoms with Crippen LogP contribution in [-0.4, -0.2) is 36.5 Å². The minimum absolute atomic E-state index is 0.0503. The van der Waals surface area contributed by atoms with Gasteiger partial charge >= 0.3 is 0 Å². The third kappa shape index (κ3) is 4.48. The summed E-state index contributed by atoms with van der Waals surface area (Å²) < 4.78 is 1.33. The lowest BCUT2D eigenvalue weighted by Gasteiger charge is -2.37. The Labute approximate surface area is 141 Å². The normalized spacial score (nSPS) is 12.9. The van der Waals surface area contributed by atoms with Crippen LogP contribution in [0.1, 0.15) is 33.3 Å². The number of carbonyl (C=O) groups excluding carboxylic acids is 1. The fraction of sp³-hybridized carbons (Fsp3) is 0.438. The van der Waals surface area contributed by atoms with Gasteiger partial charge in [0, 0.05) is 12.1 Å². The molecule has 2 aromatic rings. The number of thioether (sulfide) groups is 1. The van der Waals surface area contributed by atoms with E-state index in [0.717, 1.165) is 5.56 Å². The Hall–Kier alpha value is -2.02. The average Bonchev–Trinajstić information content (AvgIpc) is 2.89. The summed E-state index contributed by atoms with van der Waals surface area (Å²) in [4.78, 5) is 14.8. The Bertz CT molecular complexity index is 650. The molecule has 0 saturated carbocycles. The van der Waals surface area contributed by atoms with Crippen molar-refractivity contribution >= 4 is 17.7 Å². The number of amides is 1. The van der Waals surface area contributed by atoms with Crippen LogP contribution in [0.4, 0.5) is 0 Å². The summed E-state index contributed by atoms with van der Waals surface area (Å²) in [6, 6.07) is 9.99. The standard InChI is InChI=1S/C16H23N5OS/c1-12(23-15-19-18-11-21(15)17)14(22)20(16(2,3)4)10-13-8-6-5-7-9-13/h5-9,11-12H,10,17H2,1-4H3/t12-/m0/s1. The van der Waals surface area contributed by atoms with Gasteiger partial charge in [0.2, 0.25) is 11.1 Å². The Kier molecular flexibility index (Phi) is 5.30. The van der Waals surface area contributed by atoms with Gasteiger partial charge in [-0.2, -0.15) is 0 Å². The van der Waals surface area contributed by atoms with Gasteiger partial charge in [-0.05, 0) is 33.3 Å². The zero-order valence-corrected chi connectivity index (χ0v) is 14.7. The van der Waals surface area contributed by atoms with Gasteiger partial charge in [0.1, 0.15) is 6.33 Å². The minimum atomic E-state index is -0.301. The molecule has 7 heteroatoms. The van der Waals surface area contributed by atoms with Crippen LogP contribution >= 0.6 is 11.8 Å². The first-order valence-electron chi connectivity index (χ1n) is 7.46. The molecule has 2 N–H and O–H groups in total. The topological polar surface area (TPSA) is 77.0 Å². The monoisotopic (exact) mass is 333 g/mol. The second-order valence-corrected chi connectivity index (χ2v) is 7.67. The van der Waals surface area contributed by atoms with Gasteiger partial charge in [-0.25, -0.2) is 4.68 Å². The lowest BCUT2D eigenvalue weighted by Crippen LogP contribution is -2.48. The van der Waals surface area contributed by atoms with Gasteiger partial charge in [-0.15, -0.1) is 10.2 Å². The van der Waals surface area contributed by atoms with Crippen molar-refractivity contribution in [2.24, 2.45) is 0 Å². The van der Waals surface area contributed by atoms with E-state index in [1.807, 2.05) is 62.9 Å². The molecule has 0 unspecified atom stereocenters. The summed E-state index contributed by atoms with van der Waals surface area (Å²) in [7, 11) is 0. The van der Waals surface area contributed by atoms with Gasteiger partial charge < -0.3 is 10.7 Å². The van der Waals surface area contributed by atoms with Crippen molar-refractivity contribution in [2.75, 3.05) is 5.84 Å². The zero-order chi connectivity index (χ0) is 17.0. The maximum Gasteiger partial charge on any atom is 0.236 e. The van der Waals surface area contributed by atoms with Gasteiger partial charge in [0.15, 0.2) is 0 Å². The van der Waals surface area contributed by atoms with Crippen molar-refractivity contribution in [3.8, 4) is 0 Å². The predicted molar refractivity (Wildman–Crippen MR) is 92.2 cm³/mol. The number of hydrogen-bond acceptors (Lipinski definition) is 5. The highest BCUT2D eigenvalue weighted by molar-refractivity contribution is 8.00. The first-order valence-corrected chi connectivity index (χ1v) is 8.34. The largest absolute Gasteiger partial charge is 0.336 e. The molecule has 0 saturated heterocycles. The Morgan fingerprint density at radius 2 is 2.00 bits per heavy atom. The van der Waals surface area contributed by atoms with Crippen molar-refractivity contribution in [3.63, 3.8) is 0 Å². The van der Waals surface area contributed by atoms with Crippen LogP contribution in [0.25, 0.3) is 0 Å². The predicted octanol–water partition coefficient (Wildman–Crippen LogP) is 2.30. The fourth-order valence-electron chi connectivity index (χ4n) is 2.16. The quantitative estimate of drug-likeness (QED) is 0.671. The van der Waals surface area contributed by atoms with Crippen molar-refractivity contribution in [2.45, 2.75) is 50.2 Å². The van der Waals surface area contributed by atoms with E-state index >= 15 is 0 Å². The molecule has 1 amide bonds. The Morgan fingerprint density at radius 3 is 2.52 bits per heavy atom. The molecule has 6 nitrogen and oxygen atoms in total. The average molecular weight is 333 g/mol. The zero-order valence-electron chi connectivity index (χ0n) is 13.9. The van der Waals surface area contributed by atoms with E-state index in [1.54, 1.807) is 0 Å². The molecular formula is C16H23N5OS. The number of nitrogens with two attached hydrogens (primary N) is 1. The lowest BCUT2D eigenvalue weighted by molar-refractivity contribution is -0.135. The van der Waals surface area contributed by atoms with E-state index in [1.165, 1.54) is 22.8 Å². The molecule has 1 heterocycles. The summed E-state index contributed by atoms with van der Waals surface area (Å²) in [5, 5.41) is 7.89. The molecule has 1 aromatic carbocycles. The Morgan fingerprint density at radius 1 is 1.35 bits per heavy atom. The highest BCUT2D eigenvalue weighted by Crippen LogP contribution is 2.26.